The highest BCUT2D eigenvalue weighted by Crippen LogP contribution is 2.33. The zero-order chi connectivity index (χ0) is 14.4. The fourth-order valence-corrected chi connectivity index (χ4v) is 2.49. The lowest BCUT2D eigenvalue weighted by atomic mass is 9.91. The van der Waals surface area contributed by atoms with Crippen LogP contribution < -0.4 is 14.8 Å². The molecule has 1 aromatic carbocycles. The maximum atomic E-state index is 8.63. The monoisotopic (exact) mass is 274 g/mol. The van der Waals surface area contributed by atoms with Gasteiger partial charge in [0.2, 0.25) is 0 Å². The molecule has 4 heteroatoms. The summed E-state index contributed by atoms with van der Waals surface area (Å²) in [5.41, 5.74) is 1.28. The van der Waals surface area contributed by atoms with Crippen LogP contribution in [0.5, 0.6) is 11.5 Å². The summed E-state index contributed by atoms with van der Waals surface area (Å²) >= 11 is 0. The van der Waals surface area contributed by atoms with Crippen LogP contribution in [0.4, 0.5) is 0 Å². The summed E-state index contributed by atoms with van der Waals surface area (Å²) in [6.07, 6.45) is 2.49. The Morgan fingerprint density at radius 2 is 2.25 bits per heavy atom. The van der Waals surface area contributed by atoms with Gasteiger partial charge in [-0.3, -0.25) is 0 Å². The fraction of sp³-hybridized carbons (Fsp3) is 0.562. The Balaban J connectivity index is 2.20. The van der Waals surface area contributed by atoms with Gasteiger partial charge in [0.1, 0.15) is 6.07 Å². The van der Waals surface area contributed by atoms with Gasteiger partial charge < -0.3 is 14.8 Å². The summed E-state index contributed by atoms with van der Waals surface area (Å²) in [5, 5.41) is 12.1. The fourth-order valence-electron chi connectivity index (χ4n) is 2.49. The summed E-state index contributed by atoms with van der Waals surface area (Å²) in [6.45, 7) is 6.14. The maximum Gasteiger partial charge on any atom is 0.174 e. The average Bonchev–Trinajstić information content (AvgIpc) is 2.46. The Labute approximate surface area is 120 Å². The van der Waals surface area contributed by atoms with Gasteiger partial charge in [-0.1, -0.05) is 6.07 Å². The molecule has 0 amide bonds. The first-order chi connectivity index (χ1) is 9.70. The second-order valence-electron chi connectivity index (χ2n) is 5.36. The smallest absolute Gasteiger partial charge is 0.174 e. The number of nitriles is 1. The molecule has 1 N–H and O–H groups in total. The molecule has 1 heterocycles. The molecule has 1 fully saturated rings. The van der Waals surface area contributed by atoms with Crippen molar-refractivity contribution in [2.75, 3.05) is 19.7 Å². The van der Waals surface area contributed by atoms with Gasteiger partial charge in [-0.05, 0) is 56.8 Å². The van der Waals surface area contributed by atoms with Crippen LogP contribution in [-0.2, 0) is 0 Å². The van der Waals surface area contributed by atoms with Crippen molar-refractivity contribution >= 4 is 0 Å². The van der Waals surface area contributed by atoms with Crippen molar-refractivity contribution in [1.29, 1.82) is 5.26 Å². The average molecular weight is 274 g/mol. The second kappa shape index (κ2) is 7.16. The van der Waals surface area contributed by atoms with Crippen molar-refractivity contribution in [2.45, 2.75) is 38.7 Å². The predicted octanol–water partition coefficient (Wildman–Crippen LogP) is 2.84. The molecule has 4 nitrogen and oxygen atoms in total. The third-order valence-electron chi connectivity index (χ3n) is 3.39. The van der Waals surface area contributed by atoms with Crippen LogP contribution in [0.15, 0.2) is 18.2 Å². The number of hydrogen-bond acceptors (Lipinski definition) is 4. The predicted molar refractivity (Wildman–Crippen MR) is 78.2 cm³/mol. The van der Waals surface area contributed by atoms with E-state index in [-0.39, 0.29) is 12.7 Å². The molecule has 0 spiro atoms. The normalized spacial score (nSPS) is 18.6. The Morgan fingerprint density at radius 1 is 1.40 bits per heavy atom. The molecule has 0 saturated carbocycles. The van der Waals surface area contributed by atoms with E-state index in [0.29, 0.717) is 11.7 Å². The zero-order valence-electron chi connectivity index (χ0n) is 12.2. The Morgan fingerprint density at radius 3 is 2.90 bits per heavy atom. The molecule has 1 saturated heterocycles. The van der Waals surface area contributed by atoms with Crippen LogP contribution in [0.1, 0.15) is 38.2 Å². The van der Waals surface area contributed by atoms with Crippen LogP contribution in [0, 0.1) is 11.3 Å². The molecule has 1 aliphatic heterocycles. The molecular formula is C16H22N2O2. The van der Waals surface area contributed by atoms with E-state index < -0.39 is 0 Å². The molecule has 0 bridgehead atoms. The first kappa shape index (κ1) is 14.7. The van der Waals surface area contributed by atoms with Gasteiger partial charge in [0.05, 0.1) is 6.10 Å². The number of benzene rings is 1. The molecule has 20 heavy (non-hydrogen) atoms. The lowest BCUT2D eigenvalue weighted by Gasteiger charge is -2.24. The third kappa shape index (κ3) is 3.88. The number of nitrogens with one attached hydrogen (secondary N) is 1. The van der Waals surface area contributed by atoms with E-state index in [4.69, 9.17) is 14.7 Å². The topological polar surface area (TPSA) is 54.3 Å². The summed E-state index contributed by atoms with van der Waals surface area (Å²) in [5.74, 6) is 1.91. The molecule has 1 aromatic rings. The van der Waals surface area contributed by atoms with Crippen molar-refractivity contribution in [3.63, 3.8) is 0 Å². The van der Waals surface area contributed by atoms with Crippen molar-refractivity contribution < 1.29 is 9.47 Å². The molecule has 0 radical (unpaired) electrons. The molecule has 2 rings (SSSR count). The molecule has 1 atom stereocenters. The molecule has 1 unspecified atom stereocenters. The number of hydrogen-bond donors (Lipinski definition) is 1. The molecule has 0 aromatic heterocycles. The quantitative estimate of drug-likeness (QED) is 0.897. The van der Waals surface area contributed by atoms with Crippen LogP contribution in [0.2, 0.25) is 0 Å². The summed E-state index contributed by atoms with van der Waals surface area (Å²) in [6, 6.07) is 8.04. The third-order valence-corrected chi connectivity index (χ3v) is 3.39. The van der Waals surface area contributed by atoms with Gasteiger partial charge in [0.15, 0.2) is 18.1 Å². The van der Waals surface area contributed by atoms with E-state index in [2.05, 4.69) is 17.4 Å². The molecule has 108 valence electrons. The first-order valence-corrected chi connectivity index (χ1v) is 7.21. The van der Waals surface area contributed by atoms with Gasteiger partial charge in [0, 0.05) is 6.54 Å². The SMILES string of the molecule is CC(C)Oc1cc(C2CCCNC2)ccc1OCC#N. The van der Waals surface area contributed by atoms with E-state index in [9.17, 15) is 0 Å². The lowest BCUT2D eigenvalue weighted by Crippen LogP contribution is -2.28. The minimum absolute atomic E-state index is 0.0405. The molecule has 0 aliphatic carbocycles. The number of piperidine rings is 1. The highest BCUT2D eigenvalue weighted by molar-refractivity contribution is 5.44. The van der Waals surface area contributed by atoms with Crippen molar-refractivity contribution in [2.24, 2.45) is 0 Å². The Kier molecular flexibility index (Phi) is 5.25. The van der Waals surface area contributed by atoms with E-state index in [1.165, 1.54) is 18.4 Å². The standard InChI is InChI=1S/C16H22N2O2/c1-12(2)20-16-10-13(14-4-3-8-18-11-14)5-6-15(16)19-9-7-17/h5-6,10,12,14,18H,3-4,8-9,11H2,1-2H3. The number of nitrogens with zero attached hydrogens (tertiary/aromatic N) is 1. The van der Waals surface area contributed by atoms with Crippen LogP contribution in [0.25, 0.3) is 0 Å². The van der Waals surface area contributed by atoms with Crippen LogP contribution in [0.3, 0.4) is 0 Å². The van der Waals surface area contributed by atoms with E-state index in [1.54, 1.807) is 0 Å². The van der Waals surface area contributed by atoms with Crippen LogP contribution in [-0.4, -0.2) is 25.8 Å². The summed E-state index contributed by atoms with van der Waals surface area (Å²) in [4.78, 5) is 0. The number of ether oxygens (including phenoxy) is 2. The summed E-state index contributed by atoms with van der Waals surface area (Å²) in [7, 11) is 0. The highest BCUT2D eigenvalue weighted by Gasteiger charge is 2.17. The summed E-state index contributed by atoms with van der Waals surface area (Å²) < 4.78 is 11.2. The minimum atomic E-state index is 0.0405. The van der Waals surface area contributed by atoms with Crippen molar-refractivity contribution in [1.82, 2.24) is 5.32 Å². The minimum Gasteiger partial charge on any atom is -0.487 e. The van der Waals surface area contributed by atoms with Gasteiger partial charge >= 0.3 is 0 Å². The lowest BCUT2D eigenvalue weighted by molar-refractivity contribution is 0.226. The molecule has 1 aliphatic rings. The van der Waals surface area contributed by atoms with Gasteiger partial charge in [-0.2, -0.15) is 5.26 Å². The second-order valence-corrected chi connectivity index (χ2v) is 5.36. The zero-order valence-corrected chi connectivity index (χ0v) is 12.2. The maximum absolute atomic E-state index is 8.63. The van der Waals surface area contributed by atoms with E-state index in [0.717, 1.165) is 18.8 Å². The Hall–Kier alpha value is -1.73. The highest BCUT2D eigenvalue weighted by atomic mass is 16.5. The molecular weight excluding hydrogens is 252 g/mol. The van der Waals surface area contributed by atoms with Crippen LogP contribution >= 0.6 is 0 Å². The van der Waals surface area contributed by atoms with E-state index in [1.807, 2.05) is 26.0 Å². The van der Waals surface area contributed by atoms with Gasteiger partial charge in [-0.25, -0.2) is 0 Å². The van der Waals surface area contributed by atoms with Gasteiger partial charge in [-0.15, -0.1) is 0 Å². The van der Waals surface area contributed by atoms with E-state index >= 15 is 0 Å². The van der Waals surface area contributed by atoms with Gasteiger partial charge in [0.25, 0.3) is 0 Å². The van der Waals surface area contributed by atoms with Crippen molar-refractivity contribution in [3.8, 4) is 17.6 Å². The van der Waals surface area contributed by atoms with Crippen molar-refractivity contribution in [3.05, 3.63) is 23.8 Å². The number of rotatable bonds is 5. The largest absolute Gasteiger partial charge is 0.487 e. The first-order valence-electron chi connectivity index (χ1n) is 7.21. The Bertz CT molecular complexity index is 474.